The maximum absolute atomic E-state index is 12.7. The molecule has 0 saturated carbocycles. The van der Waals surface area contributed by atoms with Gasteiger partial charge in [0.1, 0.15) is 12.2 Å². The smallest absolute Gasteiger partial charge is 0.381 e. The zero-order chi connectivity index (χ0) is 20.9. The Bertz CT molecular complexity index is 922. The van der Waals surface area contributed by atoms with Crippen LogP contribution in [0.4, 0.5) is 24.7 Å². The van der Waals surface area contributed by atoms with E-state index < -0.39 is 11.7 Å². The van der Waals surface area contributed by atoms with Crippen LogP contribution >= 0.6 is 11.6 Å². The van der Waals surface area contributed by atoms with E-state index in [9.17, 15) is 13.2 Å². The van der Waals surface area contributed by atoms with Crippen LogP contribution in [0.25, 0.3) is 0 Å². The second kappa shape index (κ2) is 9.09. The Kier molecular flexibility index (Phi) is 6.53. The van der Waals surface area contributed by atoms with Gasteiger partial charge in [-0.1, -0.05) is 11.6 Å². The van der Waals surface area contributed by atoms with Crippen LogP contribution in [0.2, 0.25) is 5.02 Å². The average molecular weight is 422 g/mol. The van der Waals surface area contributed by atoms with E-state index in [4.69, 9.17) is 11.6 Å². The third kappa shape index (κ3) is 5.35. The number of hydrogen-bond acceptors (Lipinski definition) is 4. The minimum absolute atomic E-state index is 0.457. The van der Waals surface area contributed by atoms with E-state index in [-0.39, 0.29) is 0 Å². The standard InChI is InChI=1S/C20H19ClF3N5/c1-25-13-28-18-12-29(19-17(21)3-2-9-26-19)10-8-14(18)11-27-16-6-4-15(5-7-16)20(22,23)24/h2-7,9,13,27H,1,8,10-12H2. The van der Waals surface area contributed by atoms with Crippen molar-refractivity contribution in [1.82, 2.24) is 4.98 Å². The van der Waals surface area contributed by atoms with Crippen LogP contribution in [0.3, 0.4) is 0 Å². The van der Waals surface area contributed by atoms with Gasteiger partial charge in [0.15, 0.2) is 0 Å². The normalized spacial score (nSPS) is 15.1. The van der Waals surface area contributed by atoms with Crippen molar-refractivity contribution in [2.24, 2.45) is 9.98 Å². The summed E-state index contributed by atoms with van der Waals surface area (Å²) >= 11 is 6.25. The zero-order valence-electron chi connectivity index (χ0n) is 15.5. The van der Waals surface area contributed by atoms with E-state index in [2.05, 4.69) is 27.0 Å². The summed E-state index contributed by atoms with van der Waals surface area (Å²) in [5.74, 6) is 0.683. The second-order valence-corrected chi connectivity index (χ2v) is 6.79. The predicted molar refractivity (Wildman–Crippen MR) is 111 cm³/mol. The van der Waals surface area contributed by atoms with Gasteiger partial charge in [-0.15, -0.1) is 0 Å². The Labute approximate surface area is 171 Å². The van der Waals surface area contributed by atoms with Gasteiger partial charge in [-0.3, -0.25) is 4.99 Å². The van der Waals surface area contributed by atoms with Crippen molar-refractivity contribution in [2.45, 2.75) is 12.6 Å². The Balaban J connectivity index is 1.74. The SMILES string of the molecule is C=NC=NC1=C(CNc2ccc(C(F)(F)F)cc2)CCN(c2ncccc2Cl)C1. The lowest BCUT2D eigenvalue weighted by Gasteiger charge is -2.30. The van der Waals surface area contributed by atoms with E-state index in [1.165, 1.54) is 18.5 Å². The van der Waals surface area contributed by atoms with Gasteiger partial charge in [-0.2, -0.15) is 13.2 Å². The molecule has 9 heteroatoms. The highest BCUT2D eigenvalue weighted by molar-refractivity contribution is 6.32. The molecule has 0 atom stereocenters. The molecule has 29 heavy (non-hydrogen) atoms. The third-order valence-corrected chi connectivity index (χ3v) is 4.78. The summed E-state index contributed by atoms with van der Waals surface area (Å²) in [5, 5.41) is 3.72. The minimum atomic E-state index is -4.35. The molecule has 2 heterocycles. The maximum Gasteiger partial charge on any atom is 0.416 e. The van der Waals surface area contributed by atoms with Crippen LogP contribution < -0.4 is 10.2 Å². The first-order valence-electron chi connectivity index (χ1n) is 8.84. The molecule has 1 aliphatic heterocycles. The topological polar surface area (TPSA) is 52.9 Å². The molecule has 0 spiro atoms. The molecule has 0 saturated heterocycles. The van der Waals surface area contributed by atoms with Crippen molar-refractivity contribution in [3.8, 4) is 0 Å². The van der Waals surface area contributed by atoms with Gasteiger partial charge in [0.25, 0.3) is 0 Å². The number of anilines is 2. The number of benzene rings is 1. The molecule has 0 fully saturated rings. The van der Waals surface area contributed by atoms with Crippen LogP contribution in [-0.4, -0.2) is 37.7 Å². The summed E-state index contributed by atoms with van der Waals surface area (Å²) in [6, 6.07) is 8.50. The molecule has 0 bridgehead atoms. The van der Waals surface area contributed by atoms with Gasteiger partial charge >= 0.3 is 6.18 Å². The van der Waals surface area contributed by atoms with Crippen molar-refractivity contribution in [1.29, 1.82) is 0 Å². The van der Waals surface area contributed by atoms with E-state index in [1.807, 2.05) is 4.90 Å². The summed E-state index contributed by atoms with van der Waals surface area (Å²) in [6.07, 6.45) is -0.595. The molecule has 0 unspecified atom stereocenters. The molecular weight excluding hydrogens is 403 g/mol. The van der Waals surface area contributed by atoms with Gasteiger partial charge in [0, 0.05) is 25.0 Å². The quantitative estimate of drug-likeness (QED) is 0.524. The maximum atomic E-state index is 12.7. The van der Waals surface area contributed by atoms with Crippen LogP contribution in [0.15, 0.2) is 63.8 Å². The first-order valence-corrected chi connectivity index (χ1v) is 9.22. The summed E-state index contributed by atoms with van der Waals surface area (Å²) in [7, 11) is 0. The number of pyridine rings is 1. The second-order valence-electron chi connectivity index (χ2n) is 6.39. The van der Waals surface area contributed by atoms with Crippen molar-refractivity contribution in [3.05, 3.63) is 64.5 Å². The molecule has 2 aromatic rings. The monoisotopic (exact) mass is 421 g/mol. The predicted octanol–water partition coefficient (Wildman–Crippen LogP) is 5.06. The number of nitrogens with zero attached hydrogens (tertiary/aromatic N) is 4. The van der Waals surface area contributed by atoms with Crippen LogP contribution in [0, 0.1) is 0 Å². The molecule has 5 nitrogen and oxygen atoms in total. The van der Waals surface area contributed by atoms with E-state index in [0.29, 0.717) is 42.6 Å². The summed E-state index contributed by atoms with van der Waals surface area (Å²) in [6.45, 7) is 5.05. The molecule has 152 valence electrons. The average Bonchev–Trinajstić information content (AvgIpc) is 2.71. The fraction of sp³-hybridized carbons (Fsp3) is 0.250. The number of halogens is 4. The fourth-order valence-corrected chi connectivity index (χ4v) is 3.24. The molecule has 1 aromatic heterocycles. The largest absolute Gasteiger partial charge is 0.416 e. The van der Waals surface area contributed by atoms with Crippen molar-refractivity contribution in [3.63, 3.8) is 0 Å². The lowest BCUT2D eigenvalue weighted by Crippen LogP contribution is -2.33. The molecule has 0 radical (unpaired) electrons. The highest BCUT2D eigenvalue weighted by atomic mass is 35.5. The Hall–Kier alpha value is -2.87. The summed E-state index contributed by atoms with van der Waals surface area (Å²) < 4.78 is 38.1. The van der Waals surface area contributed by atoms with Gasteiger partial charge in [-0.05, 0) is 55.1 Å². The molecule has 0 amide bonds. The fourth-order valence-electron chi connectivity index (χ4n) is 3.00. The summed E-state index contributed by atoms with van der Waals surface area (Å²) in [5.41, 5.74) is 1.76. The van der Waals surface area contributed by atoms with Crippen LogP contribution in [0.1, 0.15) is 12.0 Å². The minimum Gasteiger partial charge on any atom is -0.381 e. The molecule has 3 rings (SSSR count). The third-order valence-electron chi connectivity index (χ3n) is 4.48. The van der Waals surface area contributed by atoms with Crippen molar-refractivity contribution in [2.75, 3.05) is 29.9 Å². The Morgan fingerprint density at radius 3 is 2.66 bits per heavy atom. The number of hydrogen-bond donors (Lipinski definition) is 1. The van der Waals surface area contributed by atoms with E-state index >= 15 is 0 Å². The Morgan fingerprint density at radius 2 is 2.00 bits per heavy atom. The first-order chi connectivity index (χ1) is 13.9. The molecular formula is C20H19ClF3N5. The van der Waals surface area contributed by atoms with Gasteiger partial charge < -0.3 is 10.2 Å². The molecule has 0 aliphatic carbocycles. The lowest BCUT2D eigenvalue weighted by molar-refractivity contribution is -0.137. The van der Waals surface area contributed by atoms with Gasteiger partial charge in [0.2, 0.25) is 0 Å². The van der Waals surface area contributed by atoms with Crippen LogP contribution in [-0.2, 0) is 6.18 Å². The highest BCUT2D eigenvalue weighted by Gasteiger charge is 2.30. The first kappa shape index (κ1) is 20.9. The molecule has 1 aliphatic rings. The lowest BCUT2D eigenvalue weighted by atomic mass is 10.0. The van der Waals surface area contributed by atoms with Crippen molar-refractivity contribution >= 4 is 36.2 Å². The Morgan fingerprint density at radius 1 is 1.24 bits per heavy atom. The highest BCUT2D eigenvalue weighted by Crippen LogP contribution is 2.31. The van der Waals surface area contributed by atoms with Crippen molar-refractivity contribution < 1.29 is 13.2 Å². The summed E-state index contributed by atoms with van der Waals surface area (Å²) in [4.78, 5) is 14.4. The number of nitrogens with one attached hydrogen (secondary N) is 1. The number of aliphatic imine (C=N–C) groups is 2. The van der Waals surface area contributed by atoms with Gasteiger partial charge in [-0.25, -0.2) is 9.98 Å². The zero-order valence-corrected chi connectivity index (χ0v) is 16.2. The molecule has 1 N–H and O–H groups in total. The van der Waals surface area contributed by atoms with Crippen LogP contribution in [0.5, 0.6) is 0 Å². The number of rotatable bonds is 6. The van der Waals surface area contributed by atoms with Gasteiger partial charge in [0.05, 0.1) is 22.8 Å². The molecule has 1 aromatic carbocycles. The number of aromatic nitrogens is 1. The van der Waals surface area contributed by atoms with E-state index in [1.54, 1.807) is 18.3 Å². The van der Waals surface area contributed by atoms with E-state index in [0.717, 1.165) is 23.4 Å². The number of alkyl halides is 3.